The van der Waals surface area contributed by atoms with E-state index in [1.54, 1.807) is 18.0 Å². The van der Waals surface area contributed by atoms with Crippen LogP contribution in [-0.4, -0.2) is 40.5 Å². The Morgan fingerprint density at radius 3 is 3.00 bits per heavy atom. The van der Waals surface area contributed by atoms with Crippen molar-refractivity contribution < 1.29 is 14.3 Å². The smallest absolute Gasteiger partial charge is 0.270 e. The Morgan fingerprint density at radius 2 is 2.27 bits per heavy atom. The van der Waals surface area contributed by atoms with Crippen LogP contribution in [0.4, 0.5) is 0 Å². The molecule has 3 heterocycles. The van der Waals surface area contributed by atoms with E-state index in [1.807, 2.05) is 32.9 Å². The van der Waals surface area contributed by atoms with Gasteiger partial charge in [0.2, 0.25) is 0 Å². The quantitative estimate of drug-likeness (QED) is 0.856. The van der Waals surface area contributed by atoms with Gasteiger partial charge in [0.1, 0.15) is 5.69 Å². The average molecular weight is 358 g/mol. The molecule has 140 valence electrons. The lowest BCUT2D eigenvalue weighted by Gasteiger charge is -2.24. The molecule has 0 aromatic carbocycles. The predicted molar refractivity (Wildman–Crippen MR) is 96.9 cm³/mol. The summed E-state index contributed by atoms with van der Waals surface area (Å²) in [6.07, 6.45) is 2.35. The highest BCUT2D eigenvalue weighted by Crippen LogP contribution is 2.31. The van der Waals surface area contributed by atoms with Gasteiger partial charge in [-0.1, -0.05) is 6.07 Å². The molecule has 26 heavy (non-hydrogen) atoms. The standard InChI is InChI=1S/C19H26N4O3/c1-12-6-5-7-20-16(12)11-21-19(24)18-15-10-13(2)26-14(3)17(15)22-23(18)8-9-25-4/h5-7,13-14H,8-11H2,1-4H3,(H,21,24)/t13-,14+/m0/s1. The first-order valence-electron chi connectivity index (χ1n) is 8.94. The molecule has 2 aromatic rings. The Kier molecular flexibility index (Phi) is 5.68. The maximum absolute atomic E-state index is 13.0. The van der Waals surface area contributed by atoms with Crippen LogP contribution in [0.25, 0.3) is 0 Å². The summed E-state index contributed by atoms with van der Waals surface area (Å²) in [4.78, 5) is 17.3. The van der Waals surface area contributed by atoms with Crippen LogP contribution in [0.2, 0.25) is 0 Å². The van der Waals surface area contributed by atoms with Gasteiger partial charge in [-0.05, 0) is 32.4 Å². The van der Waals surface area contributed by atoms with Gasteiger partial charge in [-0.2, -0.15) is 5.10 Å². The molecule has 7 nitrogen and oxygen atoms in total. The number of aromatic nitrogens is 3. The molecule has 0 radical (unpaired) electrons. The van der Waals surface area contributed by atoms with Crippen molar-refractivity contribution in [3.05, 3.63) is 46.5 Å². The maximum atomic E-state index is 13.0. The van der Waals surface area contributed by atoms with E-state index in [2.05, 4.69) is 15.4 Å². The van der Waals surface area contributed by atoms with Gasteiger partial charge in [-0.3, -0.25) is 14.5 Å². The van der Waals surface area contributed by atoms with Gasteiger partial charge in [-0.25, -0.2) is 0 Å². The zero-order chi connectivity index (χ0) is 18.7. The molecule has 0 unspecified atom stereocenters. The van der Waals surface area contributed by atoms with Crippen molar-refractivity contribution in [1.29, 1.82) is 0 Å². The van der Waals surface area contributed by atoms with Crippen LogP contribution >= 0.6 is 0 Å². The molecule has 0 bridgehead atoms. The topological polar surface area (TPSA) is 78.3 Å². The molecule has 0 saturated carbocycles. The lowest BCUT2D eigenvalue weighted by atomic mass is 9.99. The number of methoxy groups -OCH3 is 1. The number of hydrogen-bond donors (Lipinski definition) is 1. The number of fused-ring (bicyclic) bond motifs is 1. The van der Waals surface area contributed by atoms with Crippen molar-refractivity contribution in [3.63, 3.8) is 0 Å². The lowest BCUT2D eigenvalue weighted by Crippen LogP contribution is -2.29. The fraction of sp³-hybridized carbons (Fsp3) is 0.526. The maximum Gasteiger partial charge on any atom is 0.270 e. The number of ether oxygens (including phenoxy) is 2. The summed E-state index contributed by atoms with van der Waals surface area (Å²) < 4.78 is 12.8. The van der Waals surface area contributed by atoms with Crippen molar-refractivity contribution in [2.75, 3.05) is 13.7 Å². The monoisotopic (exact) mass is 358 g/mol. The summed E-state index contributed by atoms with van der Waals surface area (Å²) in [5.74, 6) is -0.138. The highest BCUT2D eigenvalue weighted by Gasteiger charge is 2.32. The van der Waals surface area contributed by atoms with Gasteiger partial charge in [0, 0.05) is 25.3 Å². The van der Waals surface area contributed by atoms with Crippen LogP contribution < -0.4 is 5.32 Å². The molecule has 0 aliphatic carbocycles. The van der Waals surface area contributed by atoms with E-state index in [9.17, 15) is 4.79 Å². The van der Waals surface area contributed by atoms with Crippen LogP contribution in [0.1, 0.15) is 53.0 Å². The van der Waals surface area contributed by atoms with Crippen molar-refractivity contribution in [2.24, 2.45) is 0 Å². The highest BCUT2D eigenvalue weighted by molar-refractivity contribution is 5.94. The number of carbonyl (C=O) groups is 1. The molecule has 2 atom stereocenters. The third-order valence-corrected chi connectivity index (χ3v) is 4.65. The number of amides is 1. The first-order valence-corrected chi connectivity index (χ1v) is 8.94. The van der Waals surface area contributed by atoms with Crippen molar-refractivity contribution >= 4 is 5.91 Å². The summed E-state index contributed by atoms with van der Waals surface area (Å²) in [6.45, 7) is 7.38. The molecule has 1 amide bonds. The minimum Gasteiger partial charge on any atom is -0.383 e. The van der Waals surface area contributed by atoms with Crippen molar-refractivity contribution in [3.8, 4) is 0 Å². The highest BCUT2D eigenvalue weighted by atomic mass is 16.5. The summed E-state index contributed by atoms with van der Waals surface area (Å²) >= 11 is 0. The molecular formula is C19H26N4O3. The molecule has 1 N–H and O–H groups in total. The fourth-order valence-corrected chi connectivity index (χ4v) is 3.34. The molecule has 1 aliphatic rings. The Hall–Kier alpha value is -2.25. The van der Waals surface area contributed by atoms with Gasteiger partial charge >= 0.3 is 0 Å². The second-order valence-corrected chi connectivity index (χ2v) is 6.67. The SMILES string of the molecule is COCCn1nc2c(c1C(=O)NCc1ncccc1C)C[C@H](C)O[C@@H]2C. The van der Waals surface area contributed by atoms with Crippen LogP contribution in [-0.2, 0) is 29.0 Å². The zero-order valence-corrected chi connectivity index (χ0v) is 15.8. The molecule has 7 heteroatoms. The van der Waals surface area contributed by atoms with Crippen LogP contribution in [0, 0.1) is 6.92 Å². The summed E-state index contributed by atoms with van der Waals surface area (Å²) in [5.41, 5.74) is 4.34. The zero-order valence-electron chi connectivity index (χ0n) is 15.8. The minimum atomic E-state index is -0.138. The molecule has 0 saturated heterocycles. The van der Waals surface area contributed by atoms with Crippen molar-refractivity contribution in [1.82, 2.24) is 20.1 Å². The van der Waals surface area contributed by atoms with Gasteiger partial charge in [0.15, 0.2) is 0 Å². The van der Waals surface area contributed by atoms with Crippen LogP contribution in [0.15, 0.2) is 18.3 Å². The summed E-state index contributed by atoms with van der Waals surface area (Å²) in [5, 5.41) is 7.63. The first-order chi connectivity index (χ1) is 12.5. The number of carbonyl (C=O) groups excluding carboxylic acids is 1. The molecule has 0 fully saturated rings. The number of nitrogens with one attached hydrogen (secondary N) is 1. The number of aryl methyl sites for hydroxylation is 1. The fourth-order valence-electron chi connectivity index (χ4n) is 3.34. The normalized spacial score (nSPS) is 19.2. The number of hydrogen-bond acceptors (Lipinski definition) is 5. The lowest BCUT2D eigenvalue weighted by molar-refractivity contribution is -0.00716. The van der Waals surface area contributed by atoms with E-state index in [0.29, 0.717) is 31.8 Å². The molecule has 2 aromatic heterocycles. The largest absolute Gasteiger partial charge is 0.383 e. The number of nitrogens with zero attached hydrogens (tertiary/aromatic N) is 3. The van der Waals surface area contributed by atoms with Gasteiger partial charge < -0.3 is 14.8 Å². The Morgan fingerprint density at radius 1 is 1.46 bits per heavy atom. The van der Waals surface area contributed by atoms with E-state index in [-0.39, 0.29) is 18.1 Å². The first kappa shape index (κ1) is 18.5. The Bertz CT molecular complexity index is 787. The van der Waals surface area contributed by atoms with E-state index < -0.39 is 0 Å². The number of rotatable bonds is 6. The minimum absolute atomic E-state index is 0.0576. The third kappa shape index (κ3) is 3.78. The second kappa shape index (κ2) is 7.97. The van der Waals surface area contributed by atoms with E-state index >= 15 is 0 Å². The van der Waals surface area contributed by atoms with Gasteiger partial charge in [0.25, 0.3) is 5.91 Å². The van der Waals surface area contributed by atoms with E-state index in [4.69, 9.17) is 9.47 Å². The summed E-state index contributed by atoms with van der Waals surface area (Å²) in [7, 11) is 1.64. The number of pyridine rings is 1. The Labute approximate surface area is 153 Å². The Balaban J connectivity index is 1.87. The van der Waals surface area contributed by atoms with E-state index in [0.717, 1.165) is 22.5 Å². The van der Waals surface area contributed by atoms with Gasteiger partial charge in [-0.15, -0.1) is 0 Å². The molecule has 0 spiro atoms. The summed E-state index contributed by atoms with van der Waals surface area (Å²) in [6, 6.07) is 3.87. The van der Waals surface area contributed by atoms with Gasteiger partial charge in [0.05, 0.1) is 43.3 Å². The molecular weight excluding hydrogens is 332 g/mol. The third-order valence-electron chi connectivity index (χ3n) is 4.65. The van der Waals surface area contributed by atoms with Crippen LogP contribution in [0.3, 0.4) is 0 Å². The van der Waals surface area contributed by atoms with Crippen LogP contribution in [0.5, 0.6) is 0 Å². The second-order valence-electron chi connectivity index (χ2n) is 6.67. The predicted octanol–water partition coefficient (Wildman–Crippen LogP) is 2.19. The molecule has 1 aliphatic heterocycles. The average Bonchev–Trinajstić information content (AvgIpc) is 2.97. The van der Waals surface area contributed by atoms with Crippen molar-refractivity contribution in [2.45, 2.75) is 52.5 Å². The van der Waals surface area contributed by atoms with E-state index in [1.165, 1.54) is 0 Å². The molecule has 3 rings (SSSR count).